The number of fused-ring (bicyclic) bond motifs is 1. The number of aliphatic carboxylic acids is 1. The van der Waals surface area contributed by atoms with Crippen molar-refractivity contribution in [1.82, 2.24) is 14.7 Å². The number of amides is 3. The Morgan fingerprint density at radius 2 is 1.34 bits per heavy atom. The summed E-state index contributed by atoms with van der Waals surface area (Å²) in [4.78, 5) is 57.5. The molecule has 4 aromatic carbocycles. The lowest BCUT2D eigenvalue weighted by molar-refractivity contribution is -0.156. The quantitative estimate of drug-likeness (QED) is 0.113. The predicted octanol–water partition coefficient (Wildman–Crippen LogP) is 7.30. The number of carboxylic acids is 1. The molecule has 3 amide bonds. The van der Waals surface area contributed by atoms with Gasteiger partial charge < -0.3 is 19.5 Å². The van der Waals surface area contributed by atoms with Crippen LogP contribution in [0.4, 0.5) is 9.59 Å². The van der Waals surface area contributed by atoms with Crippen molar-refractivity contribution in [1.29, 1.82) is 0 Å². The first-order valence-corrected chi connectivity index (χ1v) is 17.8. The summed E-state index contributed by atoms with van der Waals surface area (Å²) in [6, 6.07) is 38.4. The van der Waals surface area contributed by atoms with Crippen molar-refractivity contribution in [2.45, 2.75) is 64.1 Å². The van der Waals surface area contributed by atoms with E-state index in [0.29, 0.717) is 13.0 Å². The minimum absolute atomic E-state index is 0.00385. The fourth-order valence-electron chi connectivity index (χ4n) is 6.45. The van der Waals surface area contributed by atoms with Crippen molar-refractivity contribution < 1.29 is 33.8 Å². The molecule has 2 fully saturated rings. The topological polar surface area (TPSA) is 129 Å². The van der Waals surface area contributed by atoms with Crippen LogP contribution in [0, 0.1) is 0 Å². The Bertz CT molecular complexity index is 1810. The number of ether oxygens (including phenoxy) is 2. The summed E-state index contributed by atoms with van der Waals surface area (Å²) in [6.07, 6.45) is 1.92. The summed E-state index contributed by atoms with van der Waals surface area (Å²) in [5.41, 5.74) is 4.00. The SMILES string of the molecule is C[C@@H](N=CCCN(CC(=O)O)C(=O)OCc1ccccc1)c1ccccc1.C[C@H](c1ccccc1)N1C(=O)[C@@H]2[C@H]1CCN2C(=O)OCc1ccccc1. The van der Waals surface area contributed by atoms with Gasteiger partial charge >= 0.3 is 18.2 Å². The van der Waals surface area contributed by atoms with E-state index in [1.807, 2.05) is 140 Å². The summed E-state index contributed by atoms with van der Waals surface area (Å²) < 4.78 is 10.6. The highest BCUT2D eigenvalue weighted by Gasteiger charge is 2.57. The van der Waals surface area contributed by atoms with Crippen LogP contribution in [0.2, 0.25) is 0 Å². The Morgan fingerprint density at radius 1 is 0.811 bits per heavy atom. The van der Waals surface area contributed by atoms with Crippen LogP contribution in [0.1, 0.15) is 61.0 Å². The molecule has 11 nitrogen and oxygen atoms in total. The molecule has 0 unspecified atom stereocenters. The average Bonchev–Trinajstić information content (AvgIpc) is 3.58. The van der Waals surface area contributed by atoms with E-state index in [2.05, 4.69) is 4.99 Å². The Hall–Kier alpha value is -5.97. The summed E-state index contributed by atoms with van der Waals surface area (Å²) in [7, 11) is 0. The zero-order valence-corrected chi connectivity index (χ0v) is 30.1. The molecule has 0 saturated carbocycles. The van der Waals surface area contributed by atoms with Gasteiger partial charge in [-0.05, 0) is 42.5 Å². The number of likely N-dealkylation sites (tertiary alicyclic amines) is 2. The monoisotopic (exact) mass is 718 g/mol. The lowest BCUT2D eigenvalue weighted by atomic mass is 9.91. The van der Waals surface area contributed by atoms with Crippen LogP contribution >= 0.6 is 0 Å². The highest BCUT2D eigenvalue weighted by atomic mass is 16.6. The molecule has 2 aliphatic heterocycles. The van der Waals surface area contributed by atoms with Gasteiger partial charge in [0.05, 0.1) is 18.1 Å². The van der Waals surface area contributed by atoms with Crippen molar-refractivity contribution in [2.24, 2.45) is 4.99 Å². The standard InChI is InChI=1S/C21H24N2O4.C21H22N2O3/c1-17(19-11-6-3-7-12-19)22-13-8-14-23(15-20(24)25)21(26)27-16-18-9-4-2-5-10-18;1-15(17-10-6-3-7-11-17)23-18-12-13-22(19(18)20(23)24)21(25)26-14-16-8-4-2-5-9-16/h2-7,9-13,17H,8,14-16H2,1H3,(H,24,25);2-11,15,18-19H,12-14H2,1H3/t17-;15-,18-,19+/m11/s1. The highest BCUT2D eigenvalue weighted by molar-refractivity contribution is 5.93. The van der Waals surface area contributed by atoms with Gasteiger partial charge in [0.1, 0.15) is 25.8 Å². The number of aliphatic imine (C=N–C) groups is 1. The second-order valence-electron chi connectivity index (χ2n) is 12.9. The molecule has 2 saturated heterocycles. The van der Waals surface area contributed by atoms with Gasteiger partial charge in [0.2, 0.25) is 5.91 Å². The van der Waals surface area contributed by atoms with Crippen LogP contribution < -0.4 is 0 Å². The zero-order chi connectivity index (χ0) is 37.6. The Balaban J connectivity index is 0.000000204. The van der Waals surface area contributed by atoms with E-state index < -0.39 is 24.7 Å². The first kappa shape index (κ1) is 38.3. The molecule has 2 heterocycles. The second-order valence-corrected chi connectivity index (χ2v) is 12.9. The van der Waals surface area contributed by atoms with Crippen molar-refractivity contribution in [3.05, 3.63) is 144 Å². The van der Waals surface area contributed by atoms with Gasteiger partial charge in [-0.3, -0.25) is 24.4 Å². The smallest absolute Gasteiger partial charge is 0.410 e. The van der Waals surface area contributed by atoms with E-state index in [1.54, 1.807) is 11.1 Å². The number of β-lactam (4-membered cyclic amide) rings is 1. The Kier molecular flexibility index (Phi) is 13.7. The minimum atomic E-state index is -1.08. The number of carbonyl (C=O) groups excluding carboxylic acids is 3. The third kappa shape index (κ3) is 10.5. The van der Waals surface area contributed by atoms with Gasteiger partial charge in [0.15, 0.2) is 0 Å². The van der Waals surface area contributed by atoms with Crippen molar-refractivity contribution >= 4 is 30.3 Å². The van der Waals surface area contributed by atoms with Crippen LogP contribution in [0.15, 0.2) is 126 Å². The van der Waals surface area contributed by atoms with Crippen LogP contribution in [-0.4, -0.2) is 81.8 Å². The number of rotatable bonds is 13. The first-order valence-electron chi connectivity index (χ1n) is 17.8. The maximum Gasteiger partial charge on any atom is 0.410 e. The van der Waals surface area contributed by atoms with E-state index >= 15 is 0 Å². The molecule has 0 aromatic heterocycles. The second kappa shape index (κ2) is 19.0. The number of carbonyl (C=O) groups is 4. The van der Waals surface area contributed by atoms with Crippen molar-refractivity contribution in [2.75, 3.05) is 19.6 Å². The number of hydrogen-bond donors (Lipinski definition) is 1. The van der Waals surface area contributed by atoms with Gasteiger partial charge in [0.25, 0.3) is 0 Å². The van der Waals surface area contributed by atoms with Crippen LogP contribution in [0.5, 0.6) is 0 Å². The van der Waals surface area contributed by atoms with E-state index in [0.717, 1.165) is 28.7 Å². The number of hydrogen-bond acceptors (Lipinski definition) is 7. The molecular weight excluding hydrogens is 672 g/mol. The summed E-state index contributed by atoms with van der Waals surface area (Å²) >= 11 is 0. The summed E-state index contributed by atoms with van der Waals surface area (Å²) in [5.74, 6) is -1.07. The molecule has 1 N–H and O–H groups in total. The van der Waals surface area contributed by atoms with E-state index in [-0.39, 0.29) is 49.8 Å². The van der Waals surface area contributed by atoms with Gasteiger partial charge in [-0.2, -0.15) is 0 Å². The fraction of sp³-hybridized carbons (Fsp3) is 0.310. The van der Waals surface area contributed by atoms with Crippen molar-refractivity contribution in [3.8, 4) is 0 Å². The number of nitrogens with zero attached hydrogens (tertiary/aromatic N) is 4. The number of carboxylic acid groups (broad SMARTS) is 1. The molecule has 6 rings (SSSR count). The van der Waals surface area contributed by atoms with Gasteiger partial charge in [0, 0.05) is 25.7 Å². The Morgan fingerprint density at radius 3 is 1.91 bits per heavy atom. The molecule has 11 heteroatoms. The minimum Gasteiger partial charge on any atom is -0.480 e. The molecule has 2 aliphatic rings. The predicted molar refractivity (Wildman–Crippen MR) is 201 cm³/mol. The lowest BCUT2D eigenvalue weighted by Gasteiger charge is -2.48. The normalized spacial score (nSPS) is 17.1. The van der Waals surface area contributed by atoms with E-state index in [9.17, 15) is 19.2 Å². The molecule has 0 bridgehead atoms. The third-order valence-electron chi connectivity index (χ3n) is 9.30. The van der Waals surface area contributed by atoms with Crippen LogP contribution in [-0.2, 0) is 32.3 Å². The fourth-order valence-corrected chi connectivity index (χ4v) is 6.45. The summed E-state index contributed by atoms with van der Waals surface area (Å²) in [6.45, 7) is 4.74. The zero-order valence-electron chi connectivity index (χ0n) is 30.1. The van der Waals surface area contributed by atoms with Crippen LogP contribution in [0.3, 0.4) is 0 Å². The van der Waals surface area contributed by atoms with Gasteiger partial charge in [-0.15, -0.1) is 0 Å². The summed E-state index contributed by atoms with van der Waals surface area (Å²) in [5, 5.41) is 9.03. The lowest BCUT2D eigenvalue weighted by Crippen LogP contribution is -2.67. The van der Waals surface area contributed by atoms with E-state index in [4.69, 9.17) is 14.6 Å². The first-order chi connectivity index (χ1) is 25.7. The molecule has 0 spiro atoms. The molecule has 53 heavy (non-hydrogen) atoms. The molecule has 4 aromatic rings. The van der Waals surface area contributed by atoms with E-state index in [1.165, 1.54) is 4.90 Å². The van der Waals surface area contributed by atoms with Gasteiger partial charge in [-0.25, -0.2) is 9.59 Å². The molecule has 0 radical (unpaired) electrons. The molecule has 0 aliphatic carbocycles. The maximum atomic E-state index is 12.7. The Labute approximate surface area is 310 Å². The van der Waals surface area contributed by atoms with Gasteiger partial charge in [-0.1, -0.05) is 121 Å². The number of benzene rings is 4. The average molecular weight is 719 g/mol. The molecule has 276 valence electrons. The van der Waals surface area contributed by atoms with Crippen molar-refractivity contribution in [3.63, 3.8) is 0 Å². The largest absolute Gasteiger partial charge is 0.480 e. The third-order valence-corrected chi connectivity index (χ3v) is 9.30. The highest BCUT2D eigenvalue weighted by Crippen LogP contribution is 2.40. The maximum absolute atomic E-state index is 12.7. The molecular formula is C42H46N4O7. The molecule has 4 atom stereocenters. The van der Waals surface area contributed by atoms with Crippen LogP contribution in [0.25, 0.3) is 0 Å².